The molecule has 13 heavy (non-hydrogen) atoms. The van der Waals surface area contributed by atoms with Gasteiger partial charge in [0, 0.05) is 0 Å². The van der Waals surface area contributed by atoms with Crippen molar-refractivity contribution in [2.24, 2.45) is 10.4 Å². The largest absolute Gasteiger partial charge is 0.316 e. The van der Waals surface area contributed by atoms with E-state index in [1.165, 1.54) is 0 Å². The molecule has 70 valence electrons. The molecule has 0 aromatic heterocycles. The number of amides is 2. The van der Waals surface area contributed by atoms with E-state index in [4.69, 9.17) is 0 Å². The molecule has 2 N–H and O–H groups in total. The number of guanidine groups is 1. The van der Waals surface area contributed by atoms with Gasteiger partial charge in [-0.15, -0.1) is 0 Å². The second kappa shape index (κ2) is 2.31. The van der Waals surface area contributed by atoms with Crippen LogP contribution in [0.1, 0.15) is 20.3 Å². The average Bonchev–Trinajstić information content (AvgIpc) is 2.44. The van der Waals surface area contributed by atoms with Crippen LogP contribution in [0.15, 0.2) is 4.99 Å². The molecule has 2 rings (SSSR count). The summed E-state index contributed by atoms with van der Waals surface area (Å²) < 4.78 is 0. The van der Waals surface area contributed by atoms with Crippen molar-refractivity contribution in [3.63, 3.8) is 0 Å². The Bertz CT molecular complexity index is 301. The molecule has 1 atom stereocenters. The van der Waals surface area contributed by atoms with E-state index in [-0.39, 0.29) is 11.5 Å². The zero-order valence-electron chi connectivity index (χ0n) is 7.55. The lowest BCUT2D eigenvalue weighted by Gasteiger charge is -1.98. The first-order valence-electron chi connectivity index (χ1n) is 4.19. The third kappa shape index (κ3) is 1.41. The minimum absolute atomic E-state index is 0.213. The Morgan fingerprint density at radius 3 is 2.15 bits per heavy atom. The molecule has 2 aliphatic rings. The number of nitrogens with zero attached hydrogens (tertiary/aromatic N) is 1. The quantitative estimate of drug-likeness (QED) is 0.529. The first-order valence-corrected chi connectivity index (χ1v) is 4.19. The molecule has 0 radical (unpaired) electrons. The molecule has 5 heteroatoms. The van der Waals surface area contributed by atoms with E-state index in [0.29, 0.717) is 5.96 Å². The molecule has 2 amide bonds. The second-order valence-electron chi connectivity index (χ2n) is 4.09. The summed E-state index contributed by atoms with van der Waals surface area (Å²) in [4.78, 5) is 25.7. The standard InChI is InChI=1S/C8H11N3O2/c1-8(2)3-4(8)9-7-10-5(12)6(13)11-7/h4H,3H2,1-2H3,(H2,9,10,11,12,13). The minimum atomic E-state index is -0.628. The minimum Gasteiger partial charge on any atom is -0.288 e. The van der Waals surface area contributed by atoms with Crippen molar-refractivity contribution in [2.45, 2.75) is 26.3 Å². The molecular weight excluding hydrogens is 170 g/mol. The number of hydrogen-bond acceptors (Lipinski definition) is 3. The zero-order valence-corrected chi connectivity index (χ0v) is 7.55. The van der Waals surface area contributed by atoms with Crippen LogP contribution in [0.2, 0.25) is 0 Å². The number of aliphatic imine (C=N–C) groups is 1. The van der Waals surface area contributed by atoms with E-state index >= 15 is 0 Å². The summed E-state index contributed by atoms with van der Waals surface area (Å²) in [5, 5.41) is 4.73. The fourth-order valence-corrected chi connectivity index (χ4v) is 1.24. The van der Waals surface area contributed by atoms with Gasteiger partial charge in [-0.1, -0.05) is 13.8 Å². The highest BCUT2D eigenvalue weighted by atomic mass is 16.2. The Kier molecular flexibility index (Phi) is 1.46. The van der Waals surface area contributed by atoms with Crippen molar-refractivity contribution < 1.29 is 9.59 Å². The molecule has 1 heterocycles. The second-order valence-corrected chi connectivity index (χ2v) is 4.09. The van der Waals surface area contributed by atoms with Crippen LogP contribution in [-0.2, 0) is 9.59 Å². The summed E-state index contributed by atoms with van der Waals surface area (Å²) in [6.45, 7) is 4.20. The highest BCUT2D eigenvalue weighted by molar-refractivity contribution is 6.45. The van der Waals surface area contributed by atoms with Crippen molar-refractivity contribution in [1.29, 1.82) is 0 Å². The fourth-order valence-electron chi connectivity index (χ4n) is 1.24. The molecule has 0 aromatic rings. The van der Waals surface area contributed by atoms with E-state index in [9.17, 15) is 9.59 Å². The Labute approximate surface area is 75.6 Å². The first kappa shape index (κ1) is 8.22. The summed E-state index contributed by atoms with van der Waals surface area (Å²) in [6.07, 6.45) is 1.00. The van der Waals surface area contributed by atoms with Gasteiger partial charge in [-0.2, -0.15) is 0 Å². The SMILES string of the molecule is CC1(C)CC1N=C1NC(=O)C(=O)N1. The van der Waals surface area contributed by atoms with Crippen LogP contribution in [0, 0.1) is 5.41 Å². The van der Waals surface area contributed by atoms with Crippen molar-refractivity contribution >= 4 is 17.8 Å². The smallest absolute Gasteiger partial charge is 0.288 e. The Morgan fingerprint density at radius 1 is 1.31 bits per heavy atom. The van der Waals surface area contributed by atoms with Gasteiger partial charge in [-0.3, -0.25) is 20.2 Å². The predicted octanol–water partition coefficient (Wildman–Crippen LogP) is -0.613. The van der Waals surface area contributed by atoms with Crippen molar-refractivity contribution in [3.8, 4) is 0 Å². The molecule has 0 spiro atoms. The van der Waals surface area contributed by atoms with Crippen molar-refractivity contribution in [2.75, 3.05) is 0 Å². The van der Waals surface area contributed by atoms with E-state index in [2.05, 4.69) is 29.5 Å². The summed E-state index contributed by atoms with van der Waals surface area (Å²) in [6, 6.07) is 0.223. The van der Waals surface area contributed by atoms with Crippen LogP contribution in [-0.4, -0.2) is 23.8 Å². The van der Waals surface area contributed by atoms with Crippen LogP contribution in [0.3, 0.4) is 0 Å². The number of hydrogen-bond donors (Lipinski definition) is 2. The molecular formula is C8H11N3O2. The van der Waals surface area contributed by atoms with Crippen LogP contribution < -0.4 is 10.6 Å². The van der Waals surface area contributed by atoms with Gasteiger partial charge in [-0.05, 0) is 11.8 Å². The number of nitrogens with one attached hydrogen (secondary N) is 2. The van der Waals surface area contributed by atoms with E-state index in [0.717, 1.165) is 6.42 Å². The molecule has 1 unspecified atom stereocenters. The number of carbonyl (C=O) groups excluding carboxylic acids is 2. The maximum atomic E-state index is 10.7. The third-order valence-corrected chi connectivity index (χ3v) is 2.42. The van der Waals surface area contributed by atoms with Crippen molar-refractivity contribution in [3.05, 3.63) is 0 Å². The highest BCUT2D eigenvalue weighted by Crippen LogP contribution is 2.47. The highest BCUT2D eigenvalue weighted by Gasteiger charge is 2.46. The molecule has 1 saturated heterocycles. The maximum Gasteiger partial charge on any atom is 0.316 e. The zero-order chi connectivity index (χ0) is 9.64. The van der Waals surface area contributed by atoms with Crippen LogP contribution in [0.4, 0.5) is 0 Å². The molecule has 0 bridgehead atoms. The van der Waals surface area contributed by atoms with Gasteiger partial charge in [0.2, 0.25) is 5.96 Å². The summed E-state index contributed by atoms with van der Waals surface area (Å²) >= 11 is 0. The topological polar surface area (TPSA) is 70.6 Å². The molecule has 1 saturated carbocycles. The van der Waals surface area contributed by atoms with Gasteiger partial charge >= 0.3 is 11.8 Å². The molecule has 2 fully saturated rings. The molecule has 1 aliphatic heterocycles. The number of carbonyl (C=O) groups is 2. The van der Waals surface area contributed by atoms with E-state index in [1.54, 1.807) is 0 Å². The van der Waals surface area contributed by atoms with Crippen LogP contribution >= 0.6 is 0 Å². The van der Waals surface area contributed by atoms with Gasteiger partial charge in [0.05, 0.1) is 6.04 Å². The average molecular weight is 181 g/mol. The van der Waals surface area contributed by atoms with Crippen LogP contribution in [0.5, 0.6) is 0 Å². The van der Waals surface area contributed by atoms with E-state index in [1.807, 2.05) is 0 Å². The number of rotatable bonds is 1. The third-order valence-electron chi connectivity index (χ3n) is 2.42. The maximum absolute atomic E-state index is 10.7. The van der Waals surface area contributed by atoms with Crippen molar-refractivity contribution in [1.82, 2.24) is 10.6 Å². The summed E-state index contributed by atoms with van der Waals surface area (Å²) in [7, 11) is 0. The fraction of sp³-hybridized carbons (Fsp3) is 0.625. The Morgan fingerprint density at radius 2 is 1.77 bits per heavy atom. The first-order chi connectivity index (χ1) is 5.99. The van der Waals surface area contributed by atoms with Gasteiger partial charge < -0.3 is 0 Å². The Hall–Kier alpha value is -1.39. The summed E-state index contributed by atoms with van der Waals surface area (Å²) in [5.74, 6) is -0.958. The lowest BCUT2D eigenvalue weighted by molar-refractivity contribution is -0.135. The predicted molar refractivity (Wildman–Crippen MR) is 45.9 cm³/mol. The van der Waals surface area contributed by atoms with Gasteiger partial charge in [-0.25, -0.2) is 4.99 Å². The van der Waals surface area contributed by atoms with Gasteiger partial charge in [0.1, 0.15) is 0 Å². The normalized spacial score (nSPS) is 29.7. The molecule has 1 aliphatic carbocycles. The monoisotopic (exact) mass is 181 g/mol. The summed E-state index contributed by atoms with van der Waals surface area (Å²) in [5.41, 5.74) is 0.213. The molecule has 0 aromatic carbocycles. The lowest BCUT2D eigenvalue weighted by Crippen LogP contribution is -2.26. The lowest BCUT2D eigenvalue weighted by atomic mass is 10.2. The van der Waals surface area contributed by atoms with Gasteiger partial charge in [0.25, 0.3) is 0 Å². The van der Waals surface area contributed by atoms with Crippen LogP contribution in [0.25, 0.3) is 0 Å². The van der Waals surface area contributed by atoms with E-state index < -0.39 is 11.8 Å². The Balaban J connectivity index is 2.04. The molecule has 5 nitrogen and oxygen atoms in total. The van der Waals surface area contributed by atoms with Gasteiger partial charge in [0.15, 0.2) is 0 Å².